The van der Waals surface area contributed by atoms with Crippen LogP contribution in [0.25, 0.3) is 0 Å². The highest BCUT2D eigenvalue weighted by Crippen LogP contribution is 1.89. The maximum Gasteiger partial charge on any atom is 0.0515 e. The van der Waals surface area contributed by atoms with E-state index in [4.69, 9.17) is 4.74 Å². The minimum absolute atomic E-state index is 0.384. The zero-order valence-electron chi connectivity index (χ0n) is 4.74. The van der Waals surface area contributed by atoms with Gasteiger partial charge in [0, 0.05) is 44.3 Å². The van der Waals surface area contributed by atoms with E-state index in [1.54, 1.807) is 7.11 Å². The molecule has 0 spiro atoms. The summed E-state index contributed by atoms with van der Waals surface area (Å²) in [7, 11) is 1.70. The average molecular weight is 328 g/mol. The molecule has 1 nitrogen and oxygen atoms in total. The third-order valence-electron chi connectivity index (χ3n) is 0.471. The van der Waals surface area contributed by atoms with Gasteiger partial charge in [-0.05, 0) is 13.8 Å². The van der Waals surface area contributed by atoms with Crippen molar-refractivity contribution < 1.29 is 4.74 Å². The van der Waals surface area contributed by atoms with Crippen LogP contribution in [0.2, 0.25) is 0 Å². The SMILES string of the molecule is COC(C)C.II. The fourth-order valence-corrected chi connectivity index (χ4v) is 0. The smallest absolute Gasteiger partial charge is 0.0515 e. The Morgan fingerprint density at radius 1 is 1.29 bits per heavy atom. The van der Waals surface area contributed by atoms with Gasteiger partial charge < -0.3 is 4.74 Å². The van der Waals surface area contributed by atoms with Crippen molar-refractivity contribution in [2.24, 2.45) is 0 Å². The second-order valence-corrected chi connectivity index (χ2v) is 1.28. The fourth-order valence-electron chi connectivity index (χ4n) is 0. The highest BCUT2D eigenvalue weighted by Gasteiger charge is 1.78. The van der Waals surface area contributed by atoms with Crippen molar-refractivity contribution in [2.75, 3.05) is 7.11 Å². The summed E-state index contributed by atoms with van der Waals surface area (Å²) in [6.07, 6.45) is 0.384. The predicted octanol–water partition coefficient (Wildman–Crippen LogP) is 2.81. The highest BCUT2D eigenvalue weighted by atomic mass is 128. The minimum Gasteiger partial charge on any atom is -0.382 e. The Morgan fingerprint density at radius 3 is 1.43 bits per heavy atom. The molecule has 0 bridgehead atoms. The molecule has 0 radical (unpaired) electrons. The van der Waals surface area contributed by atoms with Crippen LogP contribution in [0.1, 0.15) is 13.8 Å². The summed E-state index contributed by atoms with van der Waals surface area (Å²) < 4.78 is 4.75. The van der Waals surface area contributed by atoms with Crippen molar-refractivity contribution in [3.05, 3.63) is 0 Å². The van der Waals surface area contributed by atoms with Gasteiger partial charge in [0.1, 0.15) is 0 Å². The average Bonchev–Trinajstić information content (AvgIpc) is 1.73. The summed E-state index contributed by atoms with van der Waals surface area (Å²) in [5.41, 5.74) is 0. The molecular formula is C4H10I2O. The van der Waals surface area contributed by atoms with Gasteiger partial charge in [0.2, 0.25) is 0 Å². The van der Waals surface area contributed by atoms with Gasteiger partial charge in [-0.1, -0.05) is 0 Å². The first-order chi connectivity index (χ1) is 3.27. The van der Waals surface area contributed by atoms with E-state index in [-0.39, 0.29) is 0 Å². The number of rotatable bonds is 1. The molecule has 0 saturated heterocycles. The van der Waals surface area contributed by atoms with Crippen LogP contribution < -0.4 is 0 Å². The molecule has 0 amide bonds. The van der Waals surface area contributed by atoms with Crippen molar-refractivity contribution >= 4 is 37.2 Å². The van der Waals surface area contributed by atoms with Crippen molar-refractivity contribution in [1.82, 2.24) is 0 Å². The number of hydrogen-bond acceptors (Lipinski definition) is 1. The van der Waals surface area contributed by atoms with Gasteiger partial charge in [0.15, 0.2) is 0 Å². The van der Waals surface area contributed by atoms with E-state index in [1.165, 1.54) is 0 Å². The van der Waals surface area contributed by atoms with E-state index in [2.05, 4.69) is 37.2 Å². The summed E-state index contributed by atoms with van der Waals surface area (Å²) in [4.78, 5) is 0. The Hall–Kier alpha value is 1.42. The summed E-state index contributed by atoms with van der Waals surface area (Å²) in [6, 6.07) is 0. The summed E-state index contributed by atoms with van der Waals surface area (Å²) >= 11 is 4.24. The first-order valence-electron chi connectivity index (χ1n) is 1.94. The number of halogens is 2. The van der Waals surface area contributed by atoms with Crippen LogP contribution in [0.15, 0.2) is 0 Å². The normalized spacial score (nSPS) is 7.71. The second-order valence-electron chi connectivity index (χ2n) is 1.28. The van der Waals surface area contributed by atoms with Gasteiger partial charge in [-0.25, -0.2) is 0 Å². The first kappa shape index (κ1) is 11.2. The van der Waals surface area contributed by atoms with Gasteiger partial charge in [0.05, 0.1) is 6.10 Å². The Kier molecular flexibility index (Phi) is 16.7. The molecule has 0 aliphatic carbocycles. The maximum absolute atomic E-state index is 4.75. The van der Waals surface area contributed by atoms with Gasteiger partial charge in [-0.15, -0.1) is 0 Å². The van der Waals surface area contributed by atoms with Crippen LogP contribution in [-0.4, -0.2) is 13.2 Å². The largest absolute Gasteiger partial charge is 0.382 e. The number of methoxy groups -OCH3 is 1. The lowest BCUT2D eigenvalue weighted by Gasteiger charge is -1.94. The highest BCUT2D eigenvalue weighted by molar-refractivity contribution is 15.0. The lowest BCUT2D eigenvalue weighted by Crippen LogP contribution is -1.94. The topological polar surface area (TPSA) is 9.23 Å². The van der Waals surface area contributed by atoms with Crippen LogP contribution in [0.4, 0.5) is 0 Å². The van der Waals surface area contributed by atoms with Crippen LogP contribution in [0, 0.1) is 0 Å². The van der Waals surface area contributed by atoms with E-state index in [0.29, 0.717) is 6.10 Å². The van der Waals surface area contributed by atoms with E-state index in [0.717, 1.165) is 0 Å². The first-order valence-corrected chi connectivity index (χ1v) is 8.23. The Morgan fingerprint density at radius 2 is 1.43 bits per heavy atom. The van der Waals surface area contributed by atoms with Gasteiger partial charge in [-0.3, -0.25) is 0 Å². The molecule has 0 saturated carbocycles. The zero-order chi connectivity index (χ0) is 6.28. The van der Waals surface area contributed by atoms with Crippen molar-refractivity contribution in [3.8, 4) is 0 Å². The molecule has 0 aliphatic heterocycles. The zero-order valence-corrected chi connectivity index (χ0v) is 9.06. The van der Waals surface area contributed by atoms with Gasteiger partial charge in [-0.2, -0.15) is 0 Å². The molecule has 0 atom stereocenters. The molecule has 7 heavy (non-hydrogen) atoms. The molecular weight excluding hydrogens is 318 g/mol. The lowest BCUT2D eigenvalue weighted by atomic mass is 10.5. The molecule has 0 aliphatic rings. The molecule has 0 aromatic rings. The number of hydrogen-bond donors (Lipinski definition) is 0. The lowest BCUT2D eigenvalue weighted by molar-refractivity contribution is 0.134. The standard InChI is InChI=1S/C4H10O.I2/c1-4(2)5-3;1-2/h4H,1-3H3;. The third-order valence-corrected chi connectivity index (χ3v) is 0.471. The molecule has 0 fully saturated rings. The Balaban J connectivity index is 0. The monoisotopic (exact) mass is 328 g/mol. The molecule has 0 N–H and O–H groups in total. The van der Waals surface area contributed by atoms with Crippen LogP contribution in [0.3, 0.4) is 0 Å². The minimum atomic E-state index is 0.384. The molecule has 3 heteroatoms. The van der Waals surface area contributed by atoms with Crippen molar-refractivity contribution in [1.29, 1.82) is 0 Å². The van der Waals surface area contributed by atoms with Crippen molar-refractivity contribution in [2.45, 2.75) is 20.0 Å². The van der Waals surface area contributed by atoms with Gasteiger partial charge in [0.25, 0.3) is 0 Å². The third kappa shape index (κ3) is 18.6. The second kappa shape index (κ2) is 10.4. The Bertz CT molecular complexity index is 23.7. The molecule has 0 rings (SSSR count). The van der Waals surface area contributed by atoms with Crippen LogP contribution in [0.5, 0.6) is 0 Å². The van der Waals surface area contributed by atoms with E-state index >= 15 is 0 Å². The van der Waals surface area contributed by atoms with E-state index in [9.17, 15) is 0 Å². The quantitative estimate of drug-likeness (QED) is 0.673. The van der Waals surface area contributed by atoms with Crippen LogP contribution >= 0.6 is 37.2 Å². The molecule has 0 heterocycles. The van der Waals surface area contributed by atoms with Gasteiger partial charge >= 0.3 is 0 Å². The number of ether oxygens (including phenoxy) is 1. The van der Waals surface area contributed by atoms with Crippen LogP contribution in [-0.2, 0) is 4.74 Å². The summed E-state index contributed by atoms with van der Waals surface area (Å²) in [5.74, 6) is 0. The Labute approximate surface area is 68.5 Å². The molecule has 0 aromatic heterocycles. The summed E-state index contributed by atoms with van der Waals surface area (Å²) in [6.45, 7) is 4.00. The maximum atomic E-state index is 4.75. The van der Waals surface area contributed by atoms with Crippen molar-refractivity contribution in [3.63, 3.8) is 0 Å². The summed E-state index contributed by atoms with van der Waals surface area (Å²) in [5, 5.41) is 0. The molecule has 0 aromatic carbocycles. The predicted molar refractivity (Wildman–Crippen MR) is 50.2 cm³/mol. The van der Waals surface area contributed by atoms with E-state index in [1.807, 2.05) is 13.8 Å². The fraction of sp³-hybridized carbons (Fsp3) is 1.00. The molecule has 46 valence electrons. The van der Waals surface area contributed by atoms with E-state index < -0.39 is 0 Å². The molecule has 0 unspecified atom stereocenters.